The Balaban J connectivity index is 1.49. The molecule has 3 aromatic heterocycles. The Morgan fingerprint density at radius 1 is 1.12 bits per heavy atom. The van der Waals surface area contributed by atoms with Crippen LogP contribution in [0.5, 0.6) is 11.5 Å². The molecule has 0 unspecified atom stereocenters. The number of fused-ring (bicyclic) bond motifs is 2. The molecule has 0 bridgehead atoms. The standard InChI is InChI=1S/C23H18ClFN6O3/c1-11(2)33-23(32)31-10-13(8-27-31)16-9-26-14-4-6-17(19(24)21(14)30-16)34-18-7-5-15-22(20(18)25)29-12(3)28-15/h4-11H,1-3H3,(H,28,29). The van der Waals surface area contributed by atoms with Crippen molar-refractivity contribution in [1.29, 1.82) is 0 Å². The summed E-state index contributed by atoms with van der Waals surface area (Å²) < 4.78 is 26.9. The second kappa shape index (κ2) is 8.38. The van der Waals surface area contributed by atoms with Crippen molar-refractivity contribution < 1.29 is 18.7 Å². The first-order valence-electron chi connectivity index (χ1n) is 10.3. The lowest BCUT2D eigenvalue weighted by molar-refractivity contribution is 0.114. The highest BCUT2D eigenvalue weighted by atomic mass is 35.5. The first-order valence-corrected chi connectivity index (χ1v) is 10.7. The number of carbonyl (C=O) groups excluding carboxylic acids is 1. The van der Waals surface area contributed by atoms with Crippen molar-refractivity contribution in [2.75, 3.05) is 0 Å². The number of H-pyrrole nitrogens is 1. The topological polar surface area (TPSA) is 108 Å². The van der Waals surface area contributed by atoms with Crippen LogP contribution in [0.4, 0.5) is 9.18 Å². The second-order valence-corrected chi connectivity index (χ2v) is 8.18. The highest BCUT2D eigenvalue weighted by Crippen LogP contribution is 2.37. The van der Waals surface area contributed by atoms with Crippen LogP contribution in [-0.4, -0.2) is 41.9 Å². The van der Waals surface area contributed by atoms with Crippen LogP contribution in [0.25, 0.3) is 33.3 Å². The number of hydrogen-bond donors (Lipinski definition) is 1. The molecule has 5 rings (SSSR count). The lowest BCUT2D eigenvalue weighted by atomic mass is 10.2. The maximum absolute atomic E-state index is 14.9. The van der Waals surface area contributed by atoms with E-state index in [0.717, 1.165) is 4.68 Å². The van der Waals surface area contributed by atoms with Gasteiger partial charge in [0, 0.05) is 11.8 Å². The van der Waals surface area contributed by atoms with E-state index in [1.807, 2.05) is 0 Å². The lowest BCUT2D eigenvalue weighted by Crippen LogP contribution is -2.18. The van der Waals surface area contributed by atoms with E-state index in [4.69, 9.17) is 21.1 Å². The monoisotopic (exact) mass is 480 g/mol. The molecule has 0 saturated heterocycles. The fourth-order valence-electron chi connectivity index (χ4n) is 3.40. The minimum absolute atomic E-state index is 0.00791. The number of imidazole rings is 1. The summed E-state index contributed by atoms with van der Waals surface area (Å²) in [6, 6.07) is 6.42. The van der Waals surface area contributed by atoms with Gasteiger partial charge in [-0.15, -0.1) is 0 Å². The fourth-order valence-corrected chi connectivity index (χ4v) is 3.64. The molecule has 0 aliphatic rings. The summed E-state index contributed by atoms with van der Waals surface area (Å²) in [7, 11) is 0. The van der Waals surface area contributed by atoms with E-state index in [-0.39, 0.29) is 28.1 Å². The molecular formula is C23H18ClFN6O3. The van der Waals surface area contributed by atoms with Crippen molar-refractivity contribution in [2.24, 2.45) is 0 Å². The van der Waals surface area contributed by atoms with Crippen LogP contribution in [0.1, 0.15) is 19.7 Å². The summed E-state index contributed by atoms with van der Waals surface area (Å²) in [6.07, 6.45) is 3.63. The minimum atomic E-state index is -0.602. The van der Waals surface area contributed by atoms with Crippen molar-refractivity contribution in [3.63, 3.8) is 0 Å². The van der Waals surface area contributed by atoms with Gasteiger partial charge in [-0.05, 0) is 45.0 Å². The lowest BCUT2D eigenvalue weighted by Gasteiger charge is -2.10. The smallest absolute Gasteiger partial charge is 0.434 e. The first-order chi connectivity index (χ1) is 16.3. The Morgan fingerprint density at radius 3 is 2.68 bits per heavy atom. The highest BCUT2D eigenvalue weighted by molar-refractivity contribution is 6.36. The average Bonchev–Trinajstić information content (AvgIpc) is 3.44. The number of halogens is 2. The van der Waals surface area contributed by atoms with E-state index in [9.17, 15) is 9.18 Å². The molecule has 0 atom stereocenters. The SMILES string of the molecule is Cc1nc2ccc(Oc3ccc4ncc(-c5cnn(C(=O)OC(C)C)c5)nc4c3Cl)c(F)c2[nH]1. The van der Waals surface area contributed by atoms with Crippen molar-refractivity contribution in [2.45, 2.75) is 26.9 Å². The third-order valence-electron chi connectivity index (χ3n) is 4.92. The summed E-state index contributed by atoms with van der Waals surface area (Å²) >= 11 is 6.57. The number of nitrogens with zero attached hydrogens (tertiary/aromatic N) is 5. The molecular weight excluding hydrogens is 463 g/mol. The minimum Gasteiger partial charge on any atom is -0.453 e. The molecule has 0 spiro atoms. The van der Waals surface area contributed by atoms with E-state index in [1.54, 1.807) is 45.2 Å². The van der Waals surface area contributed by atoms with Crippen LogP contribution in [0.15, 0.2) is 42.9 Å². The summed E-state index contributed by atoms with van der Waals surface area (Å²) in [5.41, 5.74) is 2.61. The molecule has 0 saturated carbocycles. The van der Waals surface area contributed by atoms with E-state index >= 15 is 0 Å². The zero-order valence-electron chi connectivity index (χ0n) is 18.3. The number of ether oxygens (including phenoxy) is 2. The largest absolute Gasteiger partial charge is 0.453 e. The maximum atomic E-state index is 14.9. The van der Waals surface area contributed by atoms with Crippen LogP contribution in [0.2, 0.25) is 5.02 Å². The van der Waals surface area contributed by atoms with Gasteiger partial charge in [-0.3, -0.25) is 4.98 Å². The molecule has 9 nitrogen and oxygen atoms in total. The average molecular weight is 481 g/mol. The molecule has 0 amide bonds. The van der Waals surface area contributed by atoms with Gasteiger partial charge < -0.3 is 14.5 Å². The van der Waals surface area contributed by atoms with Crippen LogP contribution < -0.4 is 4.74 Å². The molecule has 5 aromatic rings. The van der Waals surface area contributed by atoms with Crippen LogP contribution in [0.3, 0.4) is 0 Å². The summed E-state index contributed by atoms with van der Waals surface area (Å²) in [6.45, 7) is 5.24. The Morgan fingerprint density at radius 2 is 1.88 bits per heavy atom. The predicted octanol–water partition coefficient (Wildman–Crippen LogP) is 5.66. The zero-order valence-corrected chi connectivity index (χ0v) is 19.1. The molecule has 0 radical (unpaired) electrons. The zero-order chi connectivity index (χ0) is 24.0. The van der Waals surface area contributed by atoms with E-state index < -0.39 is 11.9 Å². The van der Waals surface area contributed by atoms with Crippen LogP contribution in [-0.2, 0) is 4.74 Å². The van der Waals surface area contributed by atoms with Gasteiger partial charge in [0.2, 0.25) is 0 Å². The van der Waals surface area contributed by atoms with Gasteiger partial charge in [-0.1, -0.05) is 11.6 Å². The van der Waals surface area contributed by atoms with Crippen LogP contribution >= 0.6 is 11.6 Å². The first kappa shape index (κ1) is 21.8. The third-order valence-corrected chi connectivity index (χ3v) is 5.28. The maximum Gasteiger partial charge on any atom is 0.434 e. The van der Waals surface area contributed by atoms with Crippen molar-refractivity contribution in [1.82, 2.24) is 29.7 Å². The predicted molar refractivity (Wildman–Crippen MR) is 124 cm³/mol. The molecule has 0 aliphatic heterocycles. The van der Waals surface area contributed by atoms with E-state index in [1.165, 1.54) is 18.5 Å². The number of aromatic amines is 1. The molecule has 2 aromatic carbocycles. The number of aryl methyl sites for hydroxylation is 1. The van der Waals surface area contributed by atoms with Crippen molar-refractivity contribution in [3.05, 3.63) is 59.5 Å². The number of carbonyl (C=O) groups is 1. The fraction of sp³-hybridized carbons (Fsp3) is 0.174. The van der Waals surface area contributed by atoms with Crippen molar-refractivity contribution >= 4 is 39.8 Å². The van der Waals surface area contributed by atoms with Gasteiger partial charge in [0.15, 0.2) is 11.6 Å². The van der Waals surface area contributed by atoms with Gasteiger partial charge in [0.05, 0.1) is 35.2 Å². The molecule has 11 heteroatoms. The van der Waals surface area contributed by atoms with Gasteiger partial charge in [-0.25, -0.2) is 19.2 Å². The Kier molecular flexibility index (Phi) is 5.37. The molecule has 172 valence electrons. The van der Waals surface area contributed by atoms with Gasteiger partial charge in [-0.2, -0.15) is 9.78 Å². The molecule has 0 fully saturated rings. The van der Waals surface area contributed by atoms with E-state index in [0.29, 0.717) is 33.6 Å². The van der Waals surface area contributed by atoms with Crippen molar-refractivity contribution in [3.8, 4) is 22.8 Å². The number of benzene rings is 2. The number of hydrogen-bond acceptors (Lipinski definition) is 7. The third kappa shape index (κ3) is 3.92. The number of nitrogens with one attached hydrogen (secondary N) is 1. The molecule has 34 heavy (non-hydrogen) atoms. The van der Waals surface area contributed by atoms with Gasteiger partial charge in [0.1, 0.15) is 27.6 Å². The quantitative estimate of drug-likeness (QED) is 0.353. The summed E-state index contributed by atoms with van der Waals surface area (Å²) in [5, 5.41) is 4.19. The molecule has 0 aliphatic carbocycles. The Labute approximate surface area is 197 Å². The highest BCUT2D eigenvalue weighted by Gasteiger charge is 2.17. The second-order valence-electron chi connectivity index (χ2n) is 7.80. The Bertz CT molecular complexity index is 1560. The molecule has 3 heterocycles. The number of rotatable bonds is 4. The van der Waals surface area contributed by atoms with E-state index in [2.05, 4.69) is 25.0 Å². The number of aromatic nitrogens is 6. The molecule has 1 N–H and O–H groups in total. The van der Waals surface area contributed by atoms with Gasteiger partial charge >= 0.3 is 6.09 Å². The summed E-state index contributed by atoms with van der Waals surface area (Å²) in [5.74, 6) is 0.228. The van der Waals surface area contributed by atoms with Crippen LogP contribution in [0, 0.1) is 12.7 Å². The van der Waals surface area contributed by atoms with Gasteiger partial charge in [0.25, 0.3) is 0 Å². The Hall–Kier alpha value is -4.05. The normalized spacial score (nSPS) is 11.5. The summed E-state index contributed by atoms with van der Waals surface area (Å²) in [4.78, 5) is 28.1.